The lowest BCUT2D eigenvalue weighted by atomic mass is 9.59. The fourth-order valence-electron chi connectivity index (χ4n) is 3.86. The molecule has 0 aromatic rings. The first-order valence-electron chi connectivity index (χ1n) is 6.48. The van der Waals surface area contributed by atoms with E-state index >= 15 is 0 Å². The number of hydrogen-bond donors (Lipinski definition) is 0. The molecule has 3 rings (SSSR count). The Kier molecular flexibility index (Phi) is 2.45. The number of nitriles is 1. The van der Waals surface area contributed by atoms with Crippen molar-refractivity contribution in [1.29, 1.82) is 5.26 Å². The van der Waals surface area contributed by atoms with Crippen molar-refractivity contribution in [1.82, 2.24) is 0 Å². The lowest BCUT2D eigenvalue weighted by molar-refractivity contribution is -0.209. The van der Waals surface area contributed by atoms with Gasteiger partial charge in [-0.3, -0.25) is 0 Å². The van der Waals surface area contributed by atoms with Crippen LogP contribution in [0.25, 0.3) is 0 Å². The molecular weight excluding hydrogens is 202 g/mol. The third-order valence-corrected chi connectivity index (χ3v) is 4.70. The summed E-state index contributed by atoms with van der Waals surface area (Å²) >= 11 is 0. The standard InChI is InChI=1S/C13H19NO2/c14-10-12-5-2-1-3-11(12)4-6-13(9-12)15-7-8-16-13/h11H,1-9H2/t11?,12-/m1/s1. The molecule has 2 saturated carbocycles. The lowest BCUT2D eigenvalue weighted by Crippen LogP contribution is -2.47. The molecule has 3 heteroatoms. The zero-order chi connectivity index (χ0) is 11.1. The van der Waals surface area contributed by atoms with Crippen LogP contribution >= 0.6 is 0 Å². The van der Waals surface area contributed by atoms with Crippen molar-refractivity contribution in [3.8, 4) is 6.07 Å². The van der Waals surface area contributed by atoms with Crippen molar-refractivity contribution in [3.63, 3.8) is 0 Å². The van der Waals surface area contributed by atoms with E-state index in [-0.39, 0.29) is 5.41 Å². The molecule has 3 nitrogen and oxygen atoms in total. The van der Waals surface area contributed by atoms with E-state index in [1.54, 1.807) is 0 Å². The maximum Gasteiger partial charge on any atom is 0.170 e. The van der Waals surface area contributed by atoms with Gasteiger partial charge in [-0.2, -0.15) is 5.26 Å². The quantitative estimate of drug-likeness (QED) is 0.631. The van der Waals surface area contributed by atoms with Crippen molar-refractivity contribution in [2.24, 2.45) is 11.3 Å². The smallest absolute Gasteiger partial charge is 0.170 e. The summed E-state index contributed by atoms with van der Waals surface area (Å²) in [7, 11) is 0. The largest absolute Gasteiger partial charge is 0.347 e. The predicted molar refractivity (Wildman–Crippen MR) is 58.5 cm³/mol. The minimum absolute atomic E-state index is 0.152. The van der Waals surface area contributed by atoms with Gasteiger partial charge in [0.25, 0.3) is 0 Å². The average molecular weight is 221 g/mol. The van der Waals surface area contributed by atoms with Crippen LogP contribution in [0.5, 0.6) is 0 Å². The fraction of sp³-hybridized carbons (Fsp3) is 0.923. The summed E-state index contributed by atoms with van der Waals surface area (Å²) in [5, 5.41) is 9.56. The van der Waals surface area contributed by atoms with Crippen LogP contribution in [0.4, 0.5) is 0 Å². The summed E-state index contributed by atoms with van der Waals surface area (Å²) in [4.78, 5) is 0. The molecule has 3 fully saturated rings. The maximum atomic E-state index is 9.56. The molecule has 0 aromatic carbocycles. The summed E-state index contributed by atoms with van der Waals surface area (Å²) in [6, 6.07) is 2.61. The number of hydrogen-bond acceptors (Lipinski definition) is 3. The van der Waals surface area contributed by atoms with Crippen LogP contribution < -0.4 is 0 Å². The van der Waals surface area contributed by atoms with Crippen molar-refractivity contribution in [3.05, 3.63) is 0 Å². The first-order valence-corrected chi connectivity index (χ1v) is 6.48. The first kappa shape index (κ1) is 10.6. The van der Waals surface area contributed by atoms with E-state index in [1.165, 1.54) is 19.3 Å². The second kappa shape index (κ2) is 3.72. The monoisotopic (exact) mass is 221 g/mol. The lowest BCUT2D eigenvalue weighted by Gasteiger charge is -2.48. The molecule has 2 aliphatic carbocycles. The van der Waals surface area contributed by atoms with E-state index in [2.05, 4.69) is 6.07 Å². The second-order valence-electron chi connectivity index (χ2n) is 5.53. The fourth-order valence-corrected chi connectivity index (χ4v) is 3.86. The number of nitrogens with zero attached hydrogens (tertiary/aromatic N) is 1. The molecule has 1 saturated heterocycles. The maximum absolute atomic E-state index is 9.56. The van der Waals surface area contributed by atoms with Crippen molar-refractivity contribution < 1.29 is 9.47 Å². The predicted octanol–water partition coefficient (Wildman–Crippen LogP) is 2.61. The summed E-state index contributed by atoms with van der Waals surface area (Å²) < 4.78 is 11.6. The van der Waals surface area contributed by atoms with Crippen molar-refractivity contribution >= 4 is 0 Å². The van der Waals surface area contributed by atoms with Crippen LogP contribution in [0.15, 0.2) is 0 Å². The zero-order valence-corrected chi connectivity index (χ0v) is 9.71. The minimum Gasteiger partial charge on any atom is -0.347 e. The molecule has 1 aliphatic heterocycles. The number of ether oxygens (including phenoxy) is 2. The molecular formula is C13H19NO2. The highest BCUT2D eigenvalue weighted by Crippen LogP contribution is 2.54. The van der Waals surface area contributed by atoms with Crippen LogP contribution in [0.2, 0.25) is 0 Å². The van der Waals surface area contributed by atoms with E-state index in [1.807, 2.05) is 0 Å². The Balaban J connectivity index is 1.85. The Morgan fingerprint density at radius 3 is 2.62 bits per heavy atom. The third kappa shape index (κ3) is 1.48. The molecule has 0 aromatic heterocycles. The van der Waals surface area contributed by atoms with Gasteiger partial charge in [0.2, 0.25) is 0 Å². The molecule has 3 aliphatic rings. The van der Waals surface area contributed by atoms with E-state index in [4.69, 9.17) is 9.47 Å². The highest BCUT2D eigenvalue weighted by atomic mass is 16.7. The van der Waals surface area contributed by atoms with Crippen LogP contribution in [0.3, 0.4) is 0 Å². The Labute approximate surface area is 96.7 Å². The van der Waals surface area contributed by atoms with Crippen LogP contribution in [-0.4, -0.2) is 19.0 Å². The van der Waals surface area contributed by atoms with Crippen LogP contribution in [0.1, 0.15) is 44.9 Å². The highest BCUT2D eigenvalue weighted by molar-refractivity contribution is 5.10. The van der Waals surface area contributed by atoms with Gasteiger partial charge in [-0.25, -0.2) is 0 Å². The van der Waals surface area contributed by atoms with Crippen molar-refractivity contribution in [2.75, 3.05) is 13.2 Å². The molecule has 0 bridgehead atoms. The van der Waals surface area contributed by atoms with E-state index in [0.717, 1.165) is 25.7 Å². The molecule has 16 heavy (non-hydrogen) atoms. The molecule has 0 amide bonds. The number of fused-ring (bicyclic) bond motifs is 1. The normalized spacial score (nSPS) is 41.6. The Morgan fingerprint density at radius 1 is 1.06 bits per heavy atom. The van der Waals surface area contributed by atoms with Gasteiger partial charge in [-0.15, -0.1) is 0 Å². The summed E-state index contributed by atoms with van der Waals surface area (Å²) in [6.45, 7) is 1.40. The van der Waals surface area contributed by atoms with Gasteiger partial charge in [-0.05, 0) is 25.2 Å². The Morgan fingerprint density at radius 2 is 1.88 bits per heavy atom. The molecule has 1 unspecified atom stereocenters. The SMILES string of the molecule is N#C[C@]12CCCCC1CCC1(C2)OCCO1. The summed E-state index contributed by atoms with van der Waals surface area (Å²) in [5.74, 6) is 0.188. The Hall–Kier alpha value is -0.590. The van der Waals surface area contributed by atoms with Gasteiger partial charge in [0.05, 0.1) is 24.7 Å². The van der Waals surface area contributed by atoms with Gasteiger partial charge in [0.1, 0.15) is 0 Å². The molecule has 2 atom stereocenters. The van der Waals surface area contributed by atoms with Gasteiger partial charge in [0.15, 0.2) is 5.79 Å². The average Bonchev–Trinajstić information content (AvgIpc) is 2.77. The van der Waals surface area contributed by atoms with Gasteiger partial charge >= 0.3 is 0 Å². The summed E-state index contributed by atoms with van der Waals surface area (Å²) in [6.07, 6.45) is 7.66. The van der Waals surface area contributed by atoms with Crippen LogP contribution in [0, 0.1) is 22.7 Å². The third-order valence-electron chi connectivity index (χ3n) is 4.70. The molecule has 1 spiro atoms. The minimum atomic E-state index is -0.399. The summed E-state index contributed by atoms with van der Waals surface area (Å²) in [5.41, 5.74) is -0.152. The van der Waals surface area contributed by atoms with Gasteiger partial charge < -0.3 is 9.47 Å². The molecule has 1 heterocycles. The Bertz CT molecular complexity index is 316. The second-order valence-corrected chi connectivity index (χ2v) is 5.53. The van der Waals surface area contributed by atoms with E-state index < -0.39 is 5.79 Å². The molecule has 0 N–H and O–H groups in total. The zero-order valence-electron chi connectivity index (χ0n) is 9.71. The molecule has 88 valence electrons. The van der Waals surface area contributed by atoms with E-state index in [0.29, 0.717) is 19.1 Å². The van der Waals surface area contributed by atoms with Gasteiger partial charge in [-0.1, -0.05) is 12.8 Å². The van der Waals surface area contributed by atoms with Crippen molar-refractivity contribution in [2.45, 2.75) is 50.7 Å². The van der Waals surface area contributed by atoms with Crippen LogP contribution in [-0.2, 0) is 9.47 Å². The number of rotatable bonds is 0. The van der Waals surface area contributed by atoms with E-state index in [9.17, 15) is 5.26 Å². The highest BCUT2D eigenvalue weighted by Gasteiger charge is 2.54. The molecule has 0 radical (unpaired) electrons. The topological polar surface area (TPSA) is 42.2 Å². The van der Waals surface area contributed by atoms with Gasteiger partial charge in [0, 0.05) is 12.8 Å². The first-order chi connectivity index (χ1) is 7.79.